The molecule has 188 valence electrons. The second-order valence-corrected chi connectivity index (χ2v) is 10.7. The summed E-state index contributed by atoms with van der Waals surface area (Å²) in [6, 6.07) is 30.9. The number of para-hydroxylation sites is 1. The summed E-state index contributed by atoms with van der Waals surface area (Å²) < 4.78 is 0. The molecule has 2 aliphatic rings. The van der Waals surface area contributed by atoms with Gasteiger partial charge in [-0.25, -0.2) is 4.99 Å². The van der Waals surface area contributed by atoms with Crippen molar-refractivity contribution in [2.75, 3.05) is 10.7 Å². The van der Waals surface area contributed by atoms with Crippen molar-refractivity contribution in [3.05, 3.63) is 119 Å². The predicted molar refractivity (Wildman–Crippen MR) is 157 cm³/mol. The van der Waals surface area contributed by atoms with Crippen LogP contribution in [-0.4, -0.2) is 22.9 Å². The van der Waals surface area contributed by atoms with Crippen molar-refractivity contribution >= 4 is 34.6 Å². The highest BCUT2D eigenvalue weighted by Gasteiger charge is 2.30. The minimum absolute atomic E-state index is 0.0372. The summed E-state index contributed by atoms with van der Waals surface area (Å²) in [6.45, 7) is 4.11. The highest BCUT2D eigenvalue weighted by atomic mass is 32.2. The molecule has 1 amide bonds. The van der Waals surface area contributed by atoms with E-state index in [-0.39, 0.29) is 18.0 Å². The molecule has 1 aliphatic carbocycles. The lowest BCUT2D eigenvalue weighted by molar-refractivity contribution is -0.116. The molecule has 0 fully saturated rings. The van der Waals surface area contributed by atoms with Crippen molar-refractivity contribution in [3.8, 4) is 0 Å². The molecule has 1 aliphatic heterocycles. The van der Waals surface area contributed by atoms with Crippen molar-refractivity contribution in [1.29, 1.82) is 0 Å². The maximum absolute atomic E-state index is 13.4. The topological polar surface area (TPSA) is 44.7 Å². The fourth-order valence-corrected chi connectivity index (χ4v) is 5.84. The molecule has 0 unspecified atom stereocenters. The van der Waals surface area contributed by atoms with Gasteiger partial charge in [0.2, 0.25) is 5.91 Å². The smallest absolute Gasteiger partial charge is 0.237 e. The SMILES string of the molecule is CC(C)N(C(=O)CSC1=N[C@@H](c2ccccc2)C2=C(N1)/C(=C/c1ccccc1)CCC2)c1ccccc1. The van der Waals surface area contributed by atoms with Crippen molar-refractivity contribution < 1.29 is 4.79 Å². The number of thioether (sulfide) groups is 1. The van der Waals surface area contributed by atoms with Gasteiger partial charge in [0.05, 0.1) is 5.75 Å². The molecule has 4 nitrogen and oxygen atoms in total. The van der Waals surface area contributed by atoms with Crippen LogP contribution < -0.4 is 10.2 Å². The number of carbonyl (C=O) groups is 1. The highest BCUT2D eigenvalue weighted by molar-refractivity contribution is 8.14. The van der Waals surface area contributed by atoms with E-state index in [9.17, 15) is 4.79 Å². The molecular formula is C32H33N3OS. The van der Waals surface area contributed by atoms with Crippen LogP contribution in [0.2, 0.25) is 0 Å². The molecular weight excluding hydrogens is 474 g/mol. The Hall–Kier alpha value is -3.57. The number of anilines is 1. The minimum atomic E-state index is -0.0372. The van der Waals surface area contributed by atoms with Gasteiger partial charge in [0, 0.05) is 17.4 Å². The molecule has 0 saturated carbocycles. The monoisotopic (exact) mass is 507 g/mol. The Labute approximate surface area is 224 Å². The third-order valence-corrected chi connectivity index (χ3v) is 7.62. The van der Waals surface area contributed by atoms with Crippen LogP contribution in [-0.2, 0) is 4.79 Å². The van der Waals surface area contributed by atoms with Crippen molar-refractivity contribution in [3.63, 3.8) is 0 Å². The van der Waals surface area contributed by atoms with E-state index < -0.39 is 0 Å². The summed E-state index contributed by atoms with van der Waals surface area (Å²) in [5, 5.41) is 4.45. The molecule has 1 atom stereocenters. The van der Waals surface area contributed by atoms with Gasteiger partial charge in [-0.2, -0.15) is 0 Å². The number of amides is 1. The van der Waals surface area contributed by atoms with Crippen LogP contribution in [0, 0.1) is 0 Å². The Balaban J connectivity index is 1.43. The zero-order chi connectivity index (χ0) is 25.6. The van der Waals surface area contributed by atoms with Gasteiger partial charge >= 0.3 is 0 Å². The van der Waals surface area contributed by atoms with Crippen LogP contribution in [0.25, 0.3) is 6.08 Å². The Morgan fingerprint density at radius 1 is 0.973 bits per heavy atom. The molecule has 1 N–H and O–H groups in total. The van der Waals surface area contributed by atoms with Crippen LogP contribution in [0.1, 0.15) is 50.3 Å². The molecule has 0 spiro atoms. The third-order valence-electron chi connectivity index (χ3n) is 6.75. The van der Waals surface area contributed by atoms with Gasteiger partial charge in [0.25, 0.3) is 0 Å². The van der Waals surface area contributed by atoms with E-state index in [2.05, 4.69) is 73.8 Å². The molecule has 0 aromatic heterocycles. The number of benzene rings is 3. The average Bonchev–Trinajstić information content (AvgIpc) is 2.93. The number of rotatable bonds is 6. The molecule has 5 heteroatoms. The molecule has 1 heterocycles. The second-order valence-electron chi connectivity index (χ2n) is 9.69. The largest absolute Gasteiger partial charge is 0.335 e. The molecule has 0 radical (unpaired) electrons. The van der Waals surface area contributed by atoms with E-state index in [0.29, 0.717) is 5.75 Å². The molecule has 0 bridgehead atoms. The van der Waals surface area contributed by atoms with E-state index in [0.717, 1.165) is 30.1 Å². The van der Waals surface area contributed by atoms with Crippen LogP contribution in [0.3, 0.4) is 0 Å². The highest BCUT2D eigenvalue weighted by Crippen LogP contribution is 2.41. The normalized spacial score (nSPS) is 18.3. The Bertz CT molecular complexity index is 1310. The van der Waals surface area contributed by atoms with Gasteiger partial charge in [-0.1, -0.05) is 90.6 Å². The quantitative estimate of drug-likeness (QED) is 0.378. The van der Waals surface area contributed by atoms with Crippen molar-refractivity contribution in [1.82, 2.24) is 5.32 Å². The minimum Gasteiger partial charge on any atom is -0.335 e. The number of aliphatic imine (C=N–C) groups is 1. The Morgan fingerprint density at radius 3 is 2.30 bits per heavy atom. The Kier molecular flexibility index (Phi) is 7.90. The van der Waals surface area contributed by atoms with Crippen LogP contribution >= 0.6 is 11.8 Å². The van der Waals surface area contributed by atoms with Gasteiger partial charge in [-0.15, -0.1) is 0 Å². The molecule has 5 rings (SSSR count). The van der Waals surface area contributed by atoms with E-state index >= 15 is 0 Å². The van der Waals surface area contributed by atoms with E-state index in [4.69, 9.17) is 4.99 Å². The fourth-order valence-electron chi connectivity index (χ4n) is 5.09. The van der Waals surface area contributed by atoms with Gasteiger partial charge in [0.1, 0.15) is 6.04 Å². The lowest BCUT2D eigenvalue weighted by atomic mass is 9.84. The number of hydrogen-bond acceptors (Lipinski definition) is 4. The first-order chi connectivity index (χ1) is 18.1. The number of amidine groups is 1. The van der Waals surface area contributed by atoms with Gasteiger partial charge in [0.15, 0.2) is 5.17 Å². The van der Waals surface area contributed by atoms with Gasteiger partial charge in [-0.3, -0.25) is 4.79 Å². The van der Waals surface area contributed by atoms with E-state index in [1.165, 1.54) is 39.7 Å². The predicted octanol–water partition coefficient (Wildman–Crippen LogP) is 7.38. The number of hydrogen-bond donors (Lipinski definition) is 1. The lowest BCUT2D eigenvalue weighted by Gasteiger charge is -2.33. The third kappa shape index (κ3) is 5.89. The Morgan fingerprint density at radius 2 is 1.62 bits per heavy atom. The first kappa shape index (κ1) is 25.1. The van der Waals surface area contributed by atoms with E-state index in [1.54, 1.807) is 0 Å². The molecule has 37 heavy (non-hydrogen) atoms. The van der Waals surface area contributed by atoms with Crippen molar-refractivity contribution in [2.24, 2.45) is 4.99 Å². The van der Waals surface area contributed by atoms with Gasteiger partial charge in [-0.05, 0) is 73.6 Å². The zero-order valence-corrected chi connectivity index (χ0v) is 22.2. The number of nitrogens with zero attached hydrogens (tertiary/aromatic N) is 2. The summed E-state index contributed by atoms with van der Waals surface area (Å²) in [5.74, 6) is 0.399. The first-order valence-corrected chi connectivity index (χ1v) is 14.0. The van der Waals surface area contributed by atoms with Crippen LogP contribution in [0.4, 0.5) is 5.69 Å². The first-order valence-electron chi connectivity index (χ1n) is 13.0. The van der Waals surface area contributed by atoms with Crippen LogP contribution in [0.15, 0.2) is 113 Å². The summed E-state index contributed by atoms with van der Waals surface area (Å²) in [4.78, 5) is 20.4. The number of nitrogens with one attached hydrogen (secondary N) is 1. The van der Waals surface area contributed by atoms with Gasteiger partial charge < -0.3 is 10.2 Å². The summed E-state index contributed by atoms with van der Waals surface area (Å²) in [6.07, 6.45) is 5.44. The van der Waals surface area contributed by atoms with Crippen molar-refractivity contribution in [2.45, 2.75) is 45.2 Å². The zero-order valence-electron chi connectivity index (χ0n) is 21.4. The summed E-state index contributed by atoms with van der Waals surface area (Å²) in [5.41, 5.74) is 7.14. The molecule has 3 aromatic rings. The lowest BCUT2D eigenvalue weighted by Crippen LogP contribution is -2.39. The summed E-state index contributed by atoms with van der Waals surface area (Å²) in [7, 11) is 0. The maximum Gasteiger partial charge on any atom is 0.237 e. The molecule has 3 aromatic carbocycles. The molecule has 0 saturated heterocycles. The fraction of sp³-hybridized carbons (Fsp3) is 0.250. The standard InChI is InChI=1S/C32H33N3OS/c1-23(2)35(27-18-10-5-11-19-27)29(36)22-37-32-33-30(25-15-8-4-9-16-25)28-20-12-17-26(31(28)34-32)21-24-13-6-3-7-14-24/h3-11,13-16,18-19,21,23,30H,12,17,20,22H2,1-2H3,(H,33,34)/b26-21+/t30-/m0/s1. The second kappa shape index (κ2) is 11.7. The van der Waals surface area contributed by atoms with E-state index in [1.807, 2.05) is 47.4 Å². The average molecular weight is 508 g/mol. The maximum atomic E-state index is 13.4. The number of allylic oxidation sites excluding steroid dienone is 1. The number of carbonyl (C=O) groups excluding carboxylic acids is 1. The van der Waals surface area contributed by atoms with Crippen LogP contribution in [0.5, 0.6) is 0 Å². The summed E-state index contributed by atoms with van der Waals surface area (Å²) >= 11 is 1.49.